The second-order valence-electron chi connectivity index (χ2n) is 5.09. The van der Waals surface area contributed by atoms with Crippen molar-refractivity contribution in [3.05, 3.63) is 35.8 Å². The van der Waals surface area contributed by atoms with E-state index in [0.29, 0.717) is 12.5 Å². The summed E-state index contributed by atoms with van der Waals surface area (Å²) in [6, 6.07) is 4.79. The lowest BCUT2D eigenvalue weighted by Gasteiger charge is -2.27. The van der Waals surface area contributed by atoms with Crippen LogP contribution in [0.15, 0.2) is 29.4 Å². The number of fused-ring (bicyclic) bond motifs is 1. The van der Waals surface area contributed by atoms with Crippen molar-refractivity contribution in [2.24, 2.45) is 10.7 Å². The number of aromatic amines is 1. The molecule has 0 saturated carbocycles. The minimum atomic E-state index is -0.211. The second kappa shape index (κ2) is 8.05. The van der Waals surface area contributed by atoms with Crippen molar-refractivity contribution >= 4 is 52.6 Å². The molecule has 0 unspecified atom stereocenters. The van der Waals surface area contributed by atoms with Crippen LogP contribution in [0.3, 0.4) is 0 Å². The molecule has 120 valence electrons. The number of nitrogens with zero attached hydrogens (tertiary/aromatic N) is 2. The summed E-state index contributed by atoms with van der Waals surface area (Å²) in [6.45, 7) is 2.57. The highest BCUT2D eigenvalue weighted by atomic mass is 127. The van der Waals surface area contributed by atoms with E-state index < -0.39 is 0 Å². The van der Waals surface area contributed by atoms with Gasteiger partial charge in [-0.15, -0.1) is 24.0 Å². The van der Waals surface area contributed by atoms with Crippen molar-refractivity contribution < 1.29 is 4.39 Å². The maximum atomic E-state index is 13.3. The Morgan fingerprint density at radius 3 is 2.91 bits per heavy atom. The Labute approximate surface area is 150 Å². The van der Waals surface area contributed by atoms with E-state index in [0.717, 1.165) is 47.5 Å². The molecular formula is C15H20FIN4S. The van der Waals surface area contributed by atoms with Crippen molar-refractivity contribution in [2.45, 2.75) is 6.42 Å². The van der Waals surface area contributed by atoms with Gasteiger partial charge in [-0.1, -0.05) is 0 Å². The number of aliphatic imine (C=N–C) groups is 1. The van der Waals surface area contributed by atoms with Crippen molar-refractivity contribution in [3.8, 4) is 0 Å². The molecule has 1 aliphatic rings. The third kappa shape index (κ3) is 4.07. The summed E-state index contributed by atoms with van der Waals surface area (Å²) in [6.07, 6.45) is 2.68. The largest absolute Gasteiger partial charge is 0.370 e. The van der Waals surface area contributed by atoms with Gasteiger partial charge in [-0.2, -0.15) is 11.8 Å². The summed E-state index contributed by atoms with van der Waals surface area (Å²) in [7, 11) is 0. The molecule has 3 N–H and O–H groups in total. The van der Waals surface area contributed by atoms with Gasteiger partial charge in [-0.25, -0.2) is 4.39 Å². The maximum absolute atomic E-state index is 13.3. The van der Waals surface area contributed by atoms with Crippen LogP contribution in [-0.2, 0) is 6.42 Å². The van der Waals surface area contributed by atoms with Gasteiger partial charge in [0, 0.05) is 48.2 Å². The average molecular weight is 434 g/mol. The molecule has 0 spiro atoms. The number of guanidine groups is 1. The number of hydrogen-bond acceptors (Lipinski definition) is 2. The minimum Gasteiger partial charge on any atom is -0.370 e. The third-order valence-corrected chi connectivity index (χ3v) is 4.66. The summed E-state index contributed by atoms with van der Waals surface area (Å²) in [5.74, 6) is 2.63. The van der Waals surface area contributed by atoms with Gasteiger partial charge in [0.25, 0.3) is 0 Å². The zero-order valence-corrected chi connectivity index (χ0v) is 15.4. The van der Waals surface area contributed by atoms with Gasteiger partial charge in [0.2, 0.25) is 0 Å². The Morgan fingerprint density at radius 1 is 1.36 bits per heavy atom. The fourth-order valence-electron chi connectivity index (χ4n) is 2.54. The molecule has 3 rings (SSSR count). The number of aromatic nitrogens is 1. The lowest BCUT2D eigenvalue weighted by Crippen LogP contribution is -2.42. The highest BCUT2D eigenvalue weighted by Gasteiger charge is 2.12. The predicted molar refractivity (Wildman–Crippen MR) is 103 cm³/mol. The summed E-state index contributed by atoms with van der Waals surface area (Å²) >= 11 is 1.95. The van der Waals surface area contributed by atoms with E-state index in [1.165, 1.54) is 6.07 Å². The van der Waals surface area contributed by atoms with Crippen LogP contribution in [0.2, 0.25) is 0 Å². The number of hydrogen-bond donors (Lipinski definition) is 2. The van der Waals surface area contributed by atoms with Crippen molar-refractivity contribution in [1.82, 2.24) is 9.88 Å². The van der Waals surface area contributed by atoms with Crippen LogP contribution >= 0.6 is 35.7 Å². The molecule has 0 amide bonds. The number of nitrogens with two attached hydrogens (primary N) is 1. The normalized spacial score (nSPS) is 15.9. The lowest BCUT2D eigenvalue weighted by atomic mass is 10.1. The van der Waals surface area contributed by atoms with E-state index in [4.69, 9.17) is 5.73 Å². The minimum absolute atomic E-state index is 0. The Kier molecular flexibility index (Phi) is 6.37. The van der Waals surface area contributed by atoms with Crippen molar-refractivity contribution in [3.63, 3.8) is 0 Å². The molecule has 2 heterocycles. The van der Waals surface area contributed by atoms with Gasteiger partial charge >= 0.3 is 0 Å². The zero-order chi connectivity index (χ0) is 14.7. The molecule has 0 atom stereocenters. The van der Waals surface area contributed by atoms with Gasteiger partial charge in [-0.3, -0.25) is 4.99 Å². The van der Waals surface area contributed by atoms with E-state index in [9.17, 15) is 4.39 Å². The first-order valence-corrected chi connectivity index (χ1v) is 8.27. The molecule has 0 bridgehead atoms. The molecule has 2 aromatic rings. The zero-order valence-electron chi connectivity index (χ0n) is 12.2. The van der Waals surface area contributed by atoms with Gasteiger partial charge in [0.1, 0.15) is 5.82 Å². The molecule has 1 aromatic carbocycles. The molecule has 1 fully saturated rings. The number of benzene rings is 1. The van der Waals surface area contributed by atoms with Crippen molar-refractivity contribution in [1.29, 1.82) is 0 Å². The van der Waals surface area contributed by atoms with E-state index >= 15 is 0 Å². The van der Waals surface area contributed by atoms with Crippen LogP contribution in [0, 0.1) is 5.82 Å². The summed E-state index contributed by atoms with van der Waals surface area (Å²) in [4.78, 5) is 9.74. The van der Waals surface area contributed by atoms with Gasteiger partial charge in [0.05, 0.1) is 0 Å². The quantitative estimate of drug-likeness (QED) is 0.444. The number of rotatable bonds is 3. The van der Waals surface area contributed by atoms with E-state index in [-0.39, 0.29) is 29.8 Å². The highest BCUT2D eigenvalue weighted by molar-refractivity contribution is 14.0. The van der Waals surface area contributed by atoms with E-state index in [1.54, 1.807) is 12.1 Å². The smallest absolute Gasteiger partial charge is 0.191 e. The van der Waals surface area contributed by atoms with E-state index in [2.05, 4.69) is 14.9 Å². The van der Waals surface area contributed by atoms with Crippen molar-refractivity contribution in [2.75, 3.05) is 31.1 Å². The first-order chi connectivity index (χ1) is 10.2. The Hall–Kier alpha value is -0.960. The Morgan fingerprint density at radius 2 is 2.14 bits per heavy atom. The monoisotopic (exact) mass is 434 g/mol. The molecule has 22 heavy (non-hydrogen) atoms. The number of H-pyrrole nitrogens is 1. The average Bonchev–Trinajstić information content (AvgIpc) is 2.90. The molecule has 4 nitrogen and oxygen atoms in total. The molecule has 1 saturated heterocycles. The summed E-state index contributed by atoms with van der Waals surface area (Å²) in [5.41, 5.74) is 8.06. The number of halogens is 2. The fourth-order valence-corrected chi connectivity index (χ4v) is 3.44. The van der Waals surface area contributed by atoms with E-state index in [1.807, 2.05) is 18.0 Å². The summed E-state index contributed by atoms with van der Waals surface area (Å²) < 4.78 is 13.3. The maximum Gasteiger partial charge on any atom is 0.191 e. The molecular weight excluding hydrogens is 414 g/mol. The lowest BCUT2D eigenvalue weighted by molar-refractivity contribution is 0.456. The highest BCUT2D eigenvalue weighted by Crippen LogP contribution is 2.19. The van der Waals surface area contributed by atoms with Crippen LogP contribution in [0.25, 0.3) is 10.9 Å². The predicted octanol–water partition coefficient (Wildman–Crippen LogP) is 2.83. The number of thioether (sulfide) groups is 1. The topological polar surface area (TPSA) is 57.4 Å². The van der Waals surface area contributed by atoms with Crippen LogP contribution < -0.4 is 5.73 Å². The second-order valence-corrected chi connectivity index (χ2v) is 6.32. The molecule has 7 heteroatoms. The molecule has 0 radical (unpaired) electrons. The Balaban J connectivity index is 0.00000176. The van der Waals surface area contributed by atoms with Gasteiger partial charge in [-0.05, 0) is 30.2 Å². The Bertz CT molecular complexity index is 652. The third-order valence-electron chi connectivity index (χ3n) is 3.72. The van der Waals surface area contributed by atoms with Crippen LogP contribution in [0.4, 0.5) is 4.39 Å². The molecule has 1 aliphatic heterocycles. The standard InChI is InChI=1S/C15H19FN4S.HI/c16-12-1-2-14-13(9-12)11(10-19-14)3-4-18-15(17)20-5-7-21-8-6-20;/h1-2,9-10,19H,3-8H2,(H2,17,18);1H. The van der Waals surface area contributed by atoms with Gasteiger partial charge in [0.15, 0.2) is 5.96 Å². The number of nitrogens with one attached hydrogen (secondary N) is 1. The molecule has 1 aromatic heterocycles. The SMILES string of the molecule is I.NC(=NCCc1c[nH]c2ccc(F)cc12)N1CCSCC1. The van der Waals surface area contributed by atoms with Crippen LogP contribution in [0.1, 0.15) is 5.56 Å². The van der Waals surface area contributed by atoms with Crippen LogP contribution in [0.5, 0.6) is 0 Å². The summed E-state index contributed by atoms with van der Waals surface area (Å²) in [5, 5.41) is 0.929. The fraction of sp³-hybridized carbons (Fsp3) is 0.400. The van der Waals surface area contributed by atoms with Gasteiger partial charge < -0.3 is 15.6 Å². The molecule has 0 aliphatic carbocycles. The van der Waals surface area contributed by atoms with Crippen LogP contribution in [-0.4, -0.2) is 47.0 Å². The first-order valence-electron chi connectivity index (χ1n) is 7.12. The first kappa shape index (κ1) is 17.4.